The fourth-order valence-electron chi connectivity index (χ4n) is 3.97. The number of rotatable bonds is 6. The van der Waals surface area contributed by atoms with Gasteiger partial charge in [0.1, 0.15) is 15.7 Å². The number of thioether (sulfide) groups is 1. The molecule has 1 atom stereocenters. The number of anilines is 2. The zero-order valence-corrected chi connectivity index (χ0v) is 20.5. The van der Waals surface area contributed by atoms with Crippen LogP contribution in [0.5, 0.6) is 0 Å². The van der Waals surface area contributed by atoms with E-state index in [4.69, 9.17) is 0 Å². The Bertz CT molecular complexity index is 1190. The summed E-state index contributed by atoms with van der Waals surface area (Å²) in [6.45, 7) is 7.94. The van der Waals surface area contributed by atoms with Gasteiger partial charge in [0.2, 0.25) is 11.8 Å². The van der Waals surface area contributed by atoms with Crippen LogP contribution < -0.4 is 10.6 Å². The Hall–Kier alpha value is -2.45. The van der Waals surface area contributed by atoms with Crippen LogP contribution in [0.25, 0.3) is 10.2 Å². The Kier molecular flexibility index (Phi) is 6.81. The van der Waals surface area contributed by atoms with Crippen molar-refractivity contribution in [3.05, 3.63) is 40.0 Å². The highest BCUT2D eigenvalue weighted by atomic mass is 32.2. The van der Waals surface area contributed by atoms with Crippen LogP contribution in [-0.2, 0) is 22.4 Å². The van der Waals surface area contributed by atoms with E-state index in [1.54, 1.807) is 11.3 Å². The molecule has 0 radical (unpaired) electrons. The molecule has 6 nitrogen and oxygen atoms in total. The van der Waals surface area contributed by atoms with E-state index >= 15 is 0 Å². The van der Waals surface area contributed by atoms with Crippen molar-refractivity contribution in [1.29, 1.82) is 0 Å². The number of nitrogens with one attached hydrogen (secondary N) is 2. The maximum atomic E-state index is 12.7. The van der Waals surface area contributed by atoms with Gasteiger partial charge in [-0.05, 0) is 68.4 Å². The van der Waals surface area contributed by atoms with Crippen molar-refractivity contribution in [3.8, 4) is 0 Å². The summed E-state index contributed by atoms with van der Waals surface area (Å²) in [5.41, 5.74) is 3.77. The largest absolute Gasteiger partial charge is 0.326 e. The number of carbonyl (C=O) groups is 2. The number of fused-ring (bicyclic) bond motifs is 3. The predicted molar refractivity (Wildman–Crippen MR) is 133 cm³/mol. The molecule has 8 heteroatoms. The van der Waals surface area contributed by atoms with Crippen LogP contribution in [0, 0.1) is 19.8 Å². The van der Waals surface area contributed by atoms with Crippen LogP contribution in [0.1, 0.15) is 48.5 Å². The van der Waals surface area contributed by atoms with Crippen molar-refractivity contribution >= 4 is 56.5 Å². The molecular weight excluding hydrogens is 440 g/mol. The molecule has 0 unspecified atom stereocenters. The number of hydrogen-bond acceptors (Lipinski definition) is 6. The molecule has 32 heavy (non-hydrogen) atoms. The van der Waals surface area contributed by atoms with Gasteiger partial charge in [0.15, 0.2) is 0 Å². The molecule has 1 aliphatic rings. The van der Waals surface area contributed by atoms with Gasteiger partial charge in [-0.3, -0.25) is 9.59 Å². The van der Waals surface area contributed by atoms with Gasteiger partial charge in [0, 0.05) is 28.1 Å². The molecule has 168 valence electrons. The second-order valence-electron chi connectivity index (χ2n) is 8.38. The molecule has 2 heterocycles. The summed E-state index contributed by atoms with van der Waals surface area (Å²) in [6.07, 6.45) is 3.78. The molecule has 4 rings (SSSR count). The van der Waals surface area contributed by atoms with E-state index in [0.29, 0.717) is 18.0 Å². The second-order valence-corrected chi connectivity index (χ2v) is 10.4. The maximum Gasteiger partial charge on any atom is 0.234 e. The summed E-state index contributed by atoms with van der Waals surface area (Å²) in [7, 11) is 0. The first-order valence-corrected chi connectivity index (χ1v) is 12.8. The van der Waals surface area contributed by atoms with Crippen molar-refractivity contribution in [1.82, 2.24) is 9.97 Å². The first-order valence-electron chi connectivity index (χ1n) is 11.0. The molecule has 2 N–H and O–H groups in total. The highest BCUT2D eigenvalue weighted by molar-refractivity contribution is 8.00. The van der Waals surface area contributed by atoms with Gasteiger partial charge in [-0.2, -0.15) is 0 Å². The highest BCUT2D eigenvalue weighted by Crippen LogP contribution is 2.40. The first-order chi connectivity index (χ1) is 15.3. The Labute approximate surface area is 196 Å². The molecule has 0 aliphatic heterocycles. The summed E-state index contributed by atoms with van der Waals surface area (Å²) in [5.74, 6) is 1.61. The third-order valence-corrected chi connectivity index (χ3v) is 7.80. The van der Waals surface area contributed by atoms with Crippen LogP contribution in [0.3, 0.4) is 0 Å². The fraction of sp³-hybridized carbons (Fsp3) is 0.417. The van der Waals surface area contributed by atoms with E-state index in [-0.39, 0.29) is 17.6 Å². The van der Waals surface area contributed by atoms with Crippen molar-refractivity contribution < 1.29 is 9.59 Å². The van der Waals surface area contributed by atoms with Crippen molar-refractivity contribution in [2.45, 2.75) is 58.4 Å². The van der Waals surface area contributed by atoms with Crippen molar-refractivity contribution in [3.63, 3.8) is 0 Å². The third-order valence-electron chi connectivity index (χ3n) is 5.68. The van der Waals surface area contributed by atoms with Crippen molar-refractivity contribution in [2.24, 2.45) is 5.92 Å². The maximum absolute atomic E-state index is 12.7. The lowest BCUT2D eigenvalue weighted by molar-refractivity contribution is -0.116. The smallest absolute Gasteiger partial charge is 0.234 e. The SMILES string of the molecule is CCC(=O)Nc1ccc(NC(=O)CSc2nc(C)nc3sc4c(c23)CC[C@@H](C)C4)cc1C. The van der Waals surface area contributed by atoms with E-state index in [9.17, 15) is 9.59 Å². The normalized spacial score (nSPS) is 15.4. The molecule has 0 fully saturated rings. The van der Waals surface area contributed by atoms with Gasteiger partial charge < -0.3 is 10.6 Å². The topological polar surface area (TPSA) is 84.0 Å². The number of aromatic nitrogens is 2. The molecule has 2 amide bonds. The number of carbonyl (C=O) groups excluding carboxylic acids is 2. The van der Waals surface area contributed by atoms with Crippen LogP contribution in [0.2, 0.25) is 0 Å². The molecule has 1 aromatic carbocycles. The molecule has 3 aromatic rings. The Balaban J connectivity index is 1.46. The zero-order valence-electron chi connectivity index (χ0n) is 18.9. The molecule has 2 aromatic heterocycles. The van der Waals surface area contributed by atoms with E-state index in [1.165, 1.54) is 28.6 Å². The minimum atomic E-state index is -0.0816. The minimum absolute atomic E-state index is 0.0298. The quantitative estimate of drug-likeness (QED) is 0.368. The summed E-state index contributed by atoms with van der Waals surface area (Å²) in [4.78, 5) is 36.1. The molecule has 0 spiro atoms. The predicted octanol–water partition coefficient (Wildman–Crippen LogP) is 5.51. The van der Waals surface area contributed by atoms with Crippen LogP contribution in [0.15, 0.2) is 23.2 Å². The summed E-state index contributed by atoms with van der Waals surface area (Å²) in [6, 6.07) is 5.50. The fourth-order valence-corrected chi connectivity index (χ4v) is 6.36. The Morgan fingerprint density at radius 3 is 2.75 bits per heavy atom. The zero-order chi connectivity index (χ0) is 22.8. The monoisotopic (exact) mass is 468 g/mol. The van der Waals surface area contributed by atoms with Gasteiger partial charge in [-0.1, -0.05) is 25.6 Å². The summed E-state index contributed by atoms with van der Waals surface area (Å²) in [5, 5.41) is 7.88. The van der Waals surface area contributed by atoms with Gasteiger partial charge in [0.05, 0.1) is 5.75 Å². The molecule has 0 saturated carbocycles. The lowest BCUT2D eigenvalue weighted by Crippen LogP contribution is -2.15. The number of aryl methyl sites for hydroxylation is 3. The standard InChI is InChI=1S/C24H28N4O2S2/c1-5-20(29)28-18-9-7-16(11-14(18)3)27-21(30)12-31-23-22-17-8-6-13(2)10-19(17)32-24(22)26-15(4)25-23/h7,9,11,13H,5-6,8,10,12H2,1-4H3,(H,27,30)(H,28,29)/t13-/m1/s1. The molecule has 0 saturated heterocycles. The number of amides is 2. The van der Waals surface area contributed by atoms with Gasteiger partial charge >= 0.3 is 0 Å². The highest BCUT2D eigenvalue weighted by Gasteiger charge is 2.24. The van der Waals surface area contributed by atoms with Crippen LogP contribution in [0.4, 0.5) is 11.4 Å². The first kappa shape index (κ1) is 22.7. The van der Waals surface area contributed by atoms with Gasteiger partial charge in [-0.15, -0.1) is 11.3 Å². The minimum Gasteiger partial charge on any atom is -0.326 e. The lowest BCUT2D eigenvalue weighted by atomic mass is 9.89. The van der Waals surface area contributed by atoms with E-state index in [1.807, 2.05) is 39.0 Å². The van der Waals surface area contributed by atoms with E-state index in [2.05, 4.69) is 27.5 Å². The number of nitrogens with zero attached hydrogens (tertiary/aromatic N) is 2. The lowest BCUT2D eigenvalue weighted by Gasteiger charge is -2.18. The van der Waals surface area contributed by atoms with E-state index in [0.717, 1.165) is 45.2 Å². The molecule has 0 bridgehead atoms. The summed E-state index contributed by atoms with van der Waals surface area (Å²) < 4.78 is 0. The number of thiophene rings is 1. The third kappa shape index (κ3) is 4.96. The average molecular weight is 469 g/mol. The average Bonchev–Trinajstić information content (AvgIpc) is 3.10. The number of benzene rings is 1. The molecular formula is C24H28N4O2S2. The summed E-state index contributed by atoms with van der Waals surface area (Å²) >= 11 is 3.26. The van der Waals surface area contributed by atoms with Crippen molar-refractivity contribution in [2.75, 3.05) is 16.4 Å². The Morgan fingerprint density at radius 1 is 1.19 bits per heavy atom. The van der Waals surface area contributed by atoms with Gasteiger partial charge in [-0.25, -0.2) is 9.97 Å². The van der Waals surface area contributed by atoms with Crippen LogP contribution in [-0.4, -0.2) is 27.5 Å². The van der Waals surface area contributed by atoms with E-state index < -0.39 is 0 Å². The van der Waals surface area contributed by atoms with Crippen LogP contribution >= 0.6 is 23.1 Å². The number of hydrogen-bond donors (Lipinski definition) is 2. The molecule has 1 aliphatic carbocycles. The van der Waals surface area contributed by atoms with Gasteiger partial charge in [0.25, 0.3) is 0 Å². The Morgan fingerprint density at radius 2 is 2.00 bits per heavy atom. The second kappa shape index (κ2) is 9.58.